The van der Waals surface area contributed by atoms with Crippen molar-refractivity contribution in [3.05, 3.63) is 57.6 Å². The third kappa shape index (κ3) is 5.41. The van der Waals surface area contributed by atoms with E-state index in [4.69, 9.17) is 16.0 Å². The lowest BCUT2D eigenvalue weighted by Crippen LogP contribution is -2.38. The van der Waals surface area contributed by atoms with Crippen molar-refractivity contribution in [1.82, 2.24) is 20.0 Å². The fourth-order valence-electron chi connectivity index (χ4n) is 2.82. The molecule has 3 rings (SSSR count). The zero-order chi connectivity index (χ0) is 19.9. The van der Waals surface area contributed by atoms with Crippen molar-refractivity contribution in [2.45, 2.75) is 26.4 Å². The van der Waals surface area contributed by atoms with Crippen LogP contribution in [-0.2, 0) is 17.9 Å². The number of hydrogen-bond donors (Lipinski definition) is 0. The summed E-state index contributed by atoms with van der Waals surface area (Å²) in [5, 5.41) is 10.8. The first kappa shape index (κ1) is 20.5. The number of carbonyl (C=O) groups is 1. The Morgan fingerprint density at radius 1 is 1.18 bits per heavy atom. The van der Waals surface area contributed by atoms with Crippen LogP contribution >= 0.6 is 22.9 Å². The van der Waals surface area contributed by atoms with E-state index in [1.54, 1.807) is 22.3 Å². The minimum Gasteiger partial charge on any atom is -0.419 e. The van der Waals surface area contributed by atoms with Gasteiger partial charge in [0.15, 0.2) is 0 Å². The van der Waals surface area contributed by atoms with Crippen LogP contribution < -0.4 is 0 Å². The maximum atomic E-state index is 12.6. The summed E-state index contributed by atoms with van der Waals surface area (Å²) in [4.78, 5) is 17.6. The monoisotopic (exact) mass is 418 g/mol. The van der Waals surface area contributed by atoms with Gasteiger partial charge < -0.3 is 9.32 Å². The molecule has 0 aliphatic carbocycles. The predicted octanol–water partition coefficient (Wildman–Crippen LogP) is 4.32. The number of hydrogen-bond acceptors (Lipinski definition) is 6. The minimum atomic E-state index is 0.0627. The van der Waals surface area contributed by atoms with E-state index in [0.717, 1.165) is 13.0 Å². The maximum absolute atomic E-state index is 12.6. The molecule has 0 saturated heterocycles. The van der Waals surface area contributed by atoms with Gasteiger partial charge in [0.25, 0.3) is 0 Å². The Balaban J connectivity index is 1.63. The average molecular weight is 419 g/mol. The SMILES string of the molecule is CCCN(CC(=O)N(C)Cc1cccs1)Cc1nnc(-c2ccccc2Cl)o1. The van der Waals surface area contributed by atoms with Gasteiger partial charge in [-0.3, -0.25) is 9.69 Å². The first-order valence-corrected chi connectivity index (χ1v) is 10.4. The summed E-state index contributed by atoms with van der Waals surface area (Å²) in [5.41, 5.74) is 0.705. The summed E-state index contributed by atoms with van der Waals surface area (Å²) in [5.74, 6) is 0.919. The number of nitrogens with zero attached hydrogens (tertiary/aromatic N) is 4. The fourth-order valence-corrected chi connectivity index (χ4v) is 3.79. The molecule has 0 bridgehead atoms. The lowest BCUT2D eigenvalue weighted by molar-refractivity contribution is -0.131. The summed E-state index contributed by atoms with van der Waals surface area (Å²) in [6.07, 6.45) is 0.924. The molecule has 28 heavy (non-hydrogen) atoms. The zero-order valence-electron chi connectivity index (χ0n) is 16.0. The highest BCUT2D eigenvalue weighted by molar-refractivity contribution is 7.09. The van der Waals surface area contributed by atoms with Gasteiger partial charge in [-0.15, -0.1) is 21.5 Å². The number of benzene rings is 1. The standard InChI is InChI=1S/C20H23ClN4O2S/c1-3-10-25(14-19(26)24(2)12-15-7-6-11-28-15)13-18-22-23-20(27-18)16-8-4-5-9-17(16)21/h4-9,11H,3,10,12-14H2,1-2H3. The first-order valence-electron chi connectivity index (χ1n) is 9.12. The molecular formula is C20H23ClN4O2S. The summed E-state index contributed by atoms with van der Waals surface area (Å²) in [7, 11) is 1.83. The van der Waals surface area contributed by atoms with Gasteiger partial charge in [-0.05, 0) is 36.5 Å². The Hall–Kier alpha value is -2.22. The zero-order valence-corrected chi connectivity index (χ0v) is 17.5. The lowest BCUT2D eigenvalue weighted by Gasteiger charge is -2.23. The van der Waals surface area contributed by atoms with Gasteiger partial charge in [0.2, 0.25) is 17.7 Å². The normalized spacial score (nSPS) is 11.1. The molecule has 0 aliphatic rings. The van der Waals surface area contributed by atoms with Crippen LogP contribution in [0, 0.1) is 0 Å². The molecule has 0 spiro atoms. The van der Waals surface area contributed by atoms with Crippen molar-refractivity contribution in [3.8, 4) is 11.5 Å². The molecule has 6 nitrogen and oxygen atoms in total. The van der Waals surface area contributed by atoms with E-state index < -0.39 is 0 Å². The molecule has 2 aromatic heterocycles. The fraction of sp³-hybridized carbons (Fsp3) is 0.350. The van der Waals surface area contributed by atoms with Crippen LogP contribution in [0.1, 0.15) is 24.1 Å². The Kier molecular flexibility index (Phi) is 7.19. The Morgan fingerprint density at radius 3 is 2.71 bits per heavy atom. The third-order valence-electron chi connectivity index (χ3n) is 4.23. The van der Waals surface area contributed by atoms with Crippen LogP contribution in [0.4, 0.5) is 0 Å². The van der Waals surface area contributed by atoms with E-state index >= 15 is 0 Å². The largest absolute Gasteiger partial charge is 0.419 e. The van der Waals surface area contributed by atoms with Crippen LogP contribution in [0.15, 0.2) is 46.2 Å². The van der Waals surface area contributed by atoms with Gasteiger partial charge in [-0.25, -0.2) is 0 Å². The number of halogens is 1. The highest BCUT2D eigenvalue weighted by Crippen LogP contribution is 2.26. The van der Waals surface area contributed by atoms with Gasteiger partial charge >= 0.3 is 0 Å². The molecular weight excluding hydrogens is 396 g/mol. The van der Waals surface area contributed by atoms with Crippen LogP contribution in [-0.4, -0.2) is 46.0 Å². The average Bonchev–Trinajstić information content (AvgIpc) is 3.34. The van der Waals surface area contributed by atoms with E-state index in [1.165, 1.54) is 4.88 Å². The van der Waals surface area contributed by atoms with E-state index in [9.17, 15) is 4.79 Å². The van der Waals surface area contributed by atoms with Gasteiger partial charge in [-0.1, -0.05) is 36.7 Å². The third-order valence-corrected chi connectivity index (χ3v) is 5.42. The second-order valence-electron chi connectivity index (χ2n) is 6.52. The number of amides is 1. The minimum absolute atomic E-state index is 0.0627. The van der Waals surface area contributed by atoms with Crippen LogP contribution in [0.2, 0.25) is 5.02 Å². The molecule has 1 amide bonds. The molecule has 2 heterocycles. The molecule has 0 atom stereocenters. The van der Waals surface area contributed by atoms with Crippen molar-refractivity contribution in [2.24, 2.45) is 0 Å². The summed E-state index contributed by atoms with van der Waals surface area (Å²) < 4.78 is 5.78. The topological polar surface area (TPSA) is 62.5 Å². The Bertz CT molecular complexity index is 897. The molecule has 8 heteroatoms. The van der Waals surface area contributed by atoms with Crippen molar-refractivity contribution in [3.63, 3.8) is 0 Å². The molecule has 1 aromatic carbocycles. The molecule has 3 aromatic rings. The summed E-state index contributed by atoms with van der Waals surface area (Å²) in [6, 6.07) is 11.4. The van der Waals surface area contributed by atoms with Crippen molar-refractivity contribution >= 4 is 28.8 Å². The molecule has 0 aliphatic heterocycles. The quantitative estimate of drug-likeness (QED) is 0.517. The number of carbonyl (C=O) groups excluding carboxylic acids is 1. The van der Waals surface area contributed by atoms with Crippen molar-refractivity contribution < 1.29 is 9.21 Å². The van der Waals surface area contributed by atoms with Crippen LogP contribution in [0.3, 0.4) is 0 Å². The summed E-state index contributed by atoms with van der Waals surface area (Å²) in [6.45, 7) is 4.19. The number of rotatable bonds is 9. The number of likely N-dealkylation sites (N-methyl/N-ethyl adjacent to an activating group) is 1. The van der Waals surface area contributed by atoms with E-state index in [2.05, 4.69) is 17.1 Å². The maximum Gasteiger partial charge on any atom is 0.249 e. The number of thiophene rings is 1. The van der Waals surface area contributed by atoms with Crippen molar-refractivity contribution in [1.29, 1.82) is 0 Å². The van der Waals surface area contributed by atoms with E-state index in [0.29, 0.717) is 42.0 Å². The molecule has 0 radical (unpaired) electrons. The molecule has 0 saturated carbocycles. The lowest BCUT2D eigenvalue weighted by atomic mass is 10.2. The molecule has 148 valence electrons. The second kappa shape index (κ2) is 9.82. The van der Waals surface area contributed by atoms with Crippen molar-refractivity contribution in [2.75, 3.05) is 20.1 Å². The first-order chi connectivity index (χ1) is 13.6. The molecule has 0 fully saturated rings. The smallest absolute Gasteiger partial charge is 0.249 e. The van der Waals surface area contributed by atoms with Gasteiger partial charge in [0.1, 0.15) is 0 Å². The Morgan fingerprint density at radius 2 is 2.00 bits per heavy atom. The van der Waals surface area contributed by atoms with Crippen LogP contribution in [0.25, 0.3) is 11.5 Å². The highest BCUT2D eigenvalue weighted by atomic mass is 35.5. The highest BCUT2D eigenvalue weighted by Gasteiger charge is 2.18. The second-order valence-corrected chi connectivity index (χ2v) is 7.96. The number of aromatic nitrogens is 2. The van der Waals surface area contributed by atoms with Gasteiger partial charge in [0, 0.05) is 11.9 Å². The van der Waals surface area contributed by atoms with Gasteiger partial charge in [-0.2, -0.15) is 0 Å². The van der Waals surface area contributed by atoms with Gasteiger partial charge in [0.05, 0.1) is 30.2 Å². The molecule has 0 N–H and O–H groups in total. The van der Waals surface area contributed by atoms with E-state index in [1.807, 2.05) is 47.7 Å². The van der Waals surface area contributed by atoms with E-state index in [-0.39, 0.29) is 5.91 Å². The Labute approximate surface area is 173 Å². The predicted molar refractivity (Wildman–Crippen MR) is 111 cm³/mol. The summed E-state index contributed by atoms with van der Waals surface area (Å²) >= 11 is 7.85. The van der Waals surface area contributed by atoms with Crippen LogP contribution in [0.5, 0.6) is 0 Å². The molecule has 0 unspecified atom stereocenters.